The van der Waals surface area contributed by atoms with E-state index in [1.807, 2.05) is 6.07 Å². The molecule has 0 spiro atoms. The van der Waals surface area contributed by atoms with Gasteiger partial charge in [0, 0.05) is 11.9 Å². The van der Waals surface area contributed by atoms with Crippen molar-refractivity contribution in [3.05, 3.63) is 59.9 Å². The third kappa shape index (κ3) is 3.77. The lowest BCUT2D eigenvalue weighted by Gasteiger charge is -2.07. The Balaban J connectivity index is 1.60. The first-order valence-corrected chi connectivity index (χ1v) is 8.68. The molecular weight excluding hydrogens is 373 g/mol. The van der Waals surface area contributed by atoms with Crippen molar-refractivity contribution < 1.29 is 14.8 Å². The number of H-pyrrole nitrogens is 1. The van der Waals surface area contributed by atoms with E-state index in [1.54, 1.807) is 36.4 Å². The fraction of sp³-hybridized carbons (Fsp3) is 0.0556. The lowest BCUT2D eigenvalue weighted by Crippen LogP contribution is -2.30. The number of nitrogens with two attached hydrogens (primary N) is 1. The number of anilines is 1. The van der Waals surface area contributed by atoms with Crippen molar-refractivity contribution in [2.24, 2.45) is 5.73 Å². The Hall–Kier alpha value is -3.83. The van der Waals surface area contributed by atoms with Gasteiger partial charge < -0.3 is 21.1 Å². The van der Waals surface area contributed by atoms with Gasteiger partial charge in [0.2, 0.25) is 5.95 Å². The van der Waals surface area contributed by atoms with Crippen LogP contribution in [0.3, 0.4) is 0 Å². The molecule has 144 valence electrons. The predicted molar refractivity (Wildman–Crippen MR) is 107 cm³/mol. The number of rotatable bonds is 6. The molecule has 0 atom stereocenters. The van der Waals surface area contributed by atoms with E-state index in [9.17, 15) is 14.8 Å². The van der Waals surface area contributed by atoms with Crippen LogP contribution in [0.5, 0.6) is 0 Å². The monoisotopic (exact) mass is 389 g/mol. The molecule has 10 nitrogen and oxygen atoms in total. The number of aromatic nitrogens is 5. The molecule has 11 heteroatoms. The van der Waals surface area contributed by atoms with Crippen molar-refractivity contribution in [3.63, 3.8) is 0 Å². The van der Waals surface area contributed by atoms with Crippen molar-refractivity contribution in [3.8, 4) is 11.5 Å². The molecule has 0 saturated heterocycles. The minimum Gasteiger partial charge on any atom is -0.423 e. The molecule has 0 aliphatic carbocycles. The molecule has 0 saturated carbocycles. The van der Waals surface area contributed by atoms with Crippen LogP contribution in [0.2, 0.25) is 0 Å². The Morgan fingerprint density at radius 3 is 2.79 bits per heavy atom. The lowest BCUT2D eigenvalue weighted by molar-refractivity contribution is 0.100. The highest BCUT2D eigenvalue weighted by Crippen LogP contribution is 2.25. The molecule has 0 aliphatic heterocycles. The summed E-state index contributed by atoms with van der Waals surface area (Å²) in [6.07, 6.45) is 1.36. The summed E-state index contributed by atoms with van der Waals surface area (Å²) in [5.41, 5.74) is 7.95. The molecule has 0 radical (unpaired) electrons. The van der Waals surface area contributed by atoms with Crippen LogP contribution >= 0.6 is 0 Å². The zero-order chi connectivity index (χ0) is 20.4. The summed E-state index contributed by atoms with van der Waals surface area (Å²) >= 11 is 0. The maximum Gasteiger partial charge on any atom is 0.488 e. The van der Waals surface area contributed by atoms with Gasteiger partial charge in [0.15, 0.2) is 5.82 Å². The number of para-hydroxylation sites is 1. The highest BCUT2D eigenvalue weighted by atomic mass is 16.4. The van der Waals surface area contributed by atoms with E-state index < -0.39 is 13.0 Å². The molecule has 29 heavy (non-hydrogen) atoms. The van der Waals surface area contributed by atoms with Crippen molar-refractivity contribution in [2.45, 2.75) is 6.54 Å². The molecule has 6 N–H and O–H groups in total. The van der Waals surface area contributed by atoms with Gasteiger partial charge in [-0.3, -0.25) is 9.89 Å². The predicted octanol–water partition coefficient (Wildman–Crippen LogP) is -0.194. The SMILES string of the molecule is NC(=O)c1cccc2c(-c3ncnc(NCc4cccc(B(O)O)c4)n3)n[nH]c12. The summed E-state index contributed by atoms with van der Waals surface area (Å²) in [5, 5.41) is 29.3. The van der Waals surface area contributed by atoms with Gasteiger partial charge >= 0.3 is 7.12 Å². The van der Waals surface area contributed by atoms with E-state index in [-0.39, 0.29) is 0 Å². The molecule has 0 unspecified atom stereocenters. The molecule has 2 aromatic heterocycles. The summed E-state index contributed by atoms with van der Waals surface area (Å²) in [5.74, 6) is 0.0982. The molecule has 2 aromatic carbocycles. The number of nitrogens with zero attached hydrogens (tertiary/aromatic N) is 4. The molecule has 0 aliphatic rings. The number of benzene rings is 2. The van der Waals surface area contributed by atoms with Gasteiger partial charge in [-0.1, -0.05) is 36.4 Å². The first kappa shape index (κ1) is 18.5. The fourth-order valence-corrected chi connectivity index (χ4v) is 2.96. The van der Waals surface area contributed by atoms with Gasteiger partial charge in [-0.15, -0.1) is 0 Å². The first-order chi connectivity index (χ1) is 14.0. The average molecular weight is 389 g/mol. The van der Waals surface area contributed by atoms with Crippen LogP contribution in [0.25, 0.3) is 22.4 Å². The summed E-state index contributed by atoms with van der Waals surface area (Å²) in [7, 11) is -1.53. The summed E-state index contributed by atoms with van der Waals surface area (Å²) in [6, 6.07) is 12.0. The van der Waals surface area contributed by atoms with Gasteiger partial charge in [0.25, 0.3) is 5.91 Å². The van der Waals surface area contributed by atoms with Gasteiger partial charge in [-0.05, 0) is 17.1 Å². The third-order valence-corrected chi connectivity index (χ3v) is 4.35. The number of carbonyl (C=O) groups excluding carboxylic acids is 1. The maximum absolute atomic E-state index is 11.6. The quantitative estimate of drug-likeness (QED) is 0.283. The number of fused-ring (bicyclic) bond motifs is 1. The van der Waals surface area contributed by atoms with Gasteiger partial charge in [0.1, 0.15) is 12.0 Å². The zero-order valence-electron chi connectivity index (χ0n) is 15.1. The Morgan fingerprint density at radius 2 is 2.00 bits per heavy atom. The summed E-state index contributed by atoms with van der Waals surface area (Å²) in [4.78, 5) is 24.2. The minimum absolute atomic E-state index is 0.326. The second-order valence-electron chi connectivity index (χ2n) is 6.27. The molecular formula is C18H16BN7O3. The van der Waals surface area contributed by atoms with Crippen molar-refractivity contribution in [2.75, 3.05) is 5.32 Å². The summed E-state index contributed by atoms with van der Waals surface area (Å²) < 4.78 is 0. The van der Waals surface area contributed by atoms with Crippen LogP contribution in [0.4, 0.5) is 5.95 Å². The molecule has 4 aromatic rings. The molecule has 0 fully saturated rings. The number of carbonyl (C=O) groups is 1. The van der Waals surface area contributed by atoms with Crippen LogP contribution in [0.1, 0.15) is 15.9 Å². The normalized spacial score (nSPS) is 10.8. The third-order valence-electron chi connectivity index (χ3n) is 4.35. The van der Waals surface area contributed by atoms with Gasteiger partial charge in [-0.2, -0.15) is 10.1 Å². The minimum atomic E-state index is -1.53. The second kappa shape index (κ2) is 7.66. The van der Waals surface area contributed by atoms with Crippen molar-refractivity contribution in [1.29, 1.82) is 0 Å². The number of primary amides is 1. The number of hydrogen-bond acceptors (Lipinski definition) is 8. The Kier molecular flexibility index (Phi) is 4.89. The fourth-order valence-electron chi connectivity index (χ4n) is 2.96. The van der Waals surface area contributed by atoms with E-state index in [0.29, 0.717) is 45.9 Å². The smallest absolute Gasteiger partial charge is 0.423 e. The Morgan fingerprint density at radius 1 is 1.17 bits per heavy atom. The largest absolute Gasteiger partial charge is 0.488 e. The molecule has 1 amide bonds. The second-order valence-corrected chi connectivity index (χ2v) is 6.27. The average Bonchev–Trinajstić information content (AvgIpc) is 3.17. The Labute approximate surface area is 165 Å². The van der Waals surface area contributed by atoms with Gasteiger partial charge in [0.05, 0.1) is 11.1 Å². The highest BCUT2D eigenvalue weighted by Gasteiger charge is 2.16. The number of hydrogen-bond donors (Lipinski definition) is 5. The number of amides is 1. The van der Waals surface area contributed by atoms with Gasteiger partial charge in [-0.25, -0.2) is 9.97 Å². The number of nitrogens with one attached hydrogen (secondary N) is 2. The Bertz CT molecular complexity index is 1200. The molecule has 4 rings (SSSR count). The highest BCUT2D eigenvalue weighted by molar-refractivity contribution is 6.58. The van der Waals surface area contributed by atoms with Crippen molar-refractivity contribution >= 4 is 35.3 Å². The zero-order valence-corrected chi connectivity index (χ0v) is 15.1. The van der Waals surface area contributed by atoms with Crippen molar-refractivity contribution in [1.82, 2.24) is 25.1 Å². The topological polar surface area (TPSA) is 163 Å². The van der Waals surface area contributed by atoms with Crippen LogP contribution in [0, 0.1) is 0 Å². The number of aromatic amines is 1. The van der Waals surface area contributed by atoms with Crippen LogP contribution in [-0.2, 0) is 6.54 Å². The van der Waals surface area contributed by atoms with E-state index in [0.717, 1.165) is 5.56 Å². The lowest BCUT2D eigenvalue weighted by atomic mass is 9.80. The molecule has 0 bridgehead atoms. The van der Waals surface area contributed by atoms with E-state index in [1.165, 1.54) is 6.33 Å². The van der Waals surface area contributed by atoms with Crippen LogP contribution in [0.15, 0.2) is 48.8 Å². The van der Waals surface area contributed by atoms with Crippen LogP contribution in [-0.4, -0.2) is 48.2 Å². The van der Waals surface area contributed by atoms with Crippen LogP contribution < -0.4 is 16.5 Å². The first-order valence-electron chi connectivity index (χ1n) is 8.68. The van der Waals surface area contributed by atoms with E-state index in [4.69, 9.17) is 5.73 Å². The van der Waals surface area contributed by atoms with E-state index >= 15 is 0 Å². The summed E-state index contributed by atoms with van der Waals surface area (Å²) in [6.45, 7) is 0.372. The molecule has 2 heterocycles. The van der Waals surface area contributed by atoms with E-state index in [2.05, 4.69) is 30.5 Å². The standard InChI is InChI=1S/C18H16BN7O3/c20-16(27)13-6-2-5-12-14(13)25-26-15(12)17-22-9-23-18(24-17)21-8-10-3-1-4-11(7-10)19(28)29/h1-7,9,28-29H,8H2,(H2,20,27)(H,25,26)(H,21,22,23,24). The maximum atomic E-state index is 11.6.